The van der Waals surface area contributed by atoms with Crippen LogP contribution in [-0.4, -0.2) is 155 Å². The Labute approximate surface area is 895 Å². The molecule has 1 aromatic heterocycles. The van der Waals surface area contributed by atoms with Gasteiger partial charge < -0.3 is 78.0 Å². The molecular weight excluding hydrogens is 1890 g/mol. The van der Waals surface area contributed by atoms with Gasteiger partial charge in [-0.25, -0.2) is 21.8 Å². The molecule has 0 spiro atoms. The number of Topliss-reactive ketones (excluding diaryl/α,β-unsaturated/α-hetero) is 4. The van der Waals surface area contributed by atoms with E-state index >= 15 is 4.79 Å². The molecule has 9 aliphatic rings. The summed E-state index contributed by atoms with van der Waals surface area (Å²) in [5.41, 5.74) is 14.1. The quantitative estimate of drug-likeness (QED) is 0.00321. The smallest absolute Gasteiger partial charge is 0.744 e. The van der Waals surface area contributed by atoms with E-state index < -0.39 is 111 Å². The second-order valence-corrected chi connectivity index (χ2v) is 35.2. The number of allylic oxidation sites excluding steroid dienone is 2. The molecule has 6 aliphatic carbocycles. The average molecular weight is 1960 g/mol. The molecule has 11 N–H and O–H groups in total. The molecule has 650 valence electrons. The number of amides is 2. The number of aliphatic imine (C=N–C) groups is 2. The van der Waals surface area contributed by atoms with Crippen LogP contribution in [0.15, 0.2) is 214 Å². The summed E-state index contributed by atoms with van der Waals surface area (Å²) < 4.78 is 115. The minimum atomic E-state index is -5.40. The summed E-state index contributed by atoms with van der Waals surface area (Å²) in [6.07, 6.45) is 13.4. The van der Waals surface area contributed by atoms with Crippen molar-refractivity contribution in [2.45, 2.75) is 113 Å². The van der Waals surface area contributed by atoms with Crippen molar-refractivity contribution in [3.63, 3.8) is 0 Å². The molecule has 0 radical (unpaired) electrons. The molecule has 2 saturated carbocycles. The number of anilines is 7. The van der Waals surface area contributed by atoms with Gasteiger partial charge in [-0.15, -0.1) is 18.7 Å². The van der Waals surface area contributed by atoms with Gasteiger partial charge in [-0.2, -0.15) is 45.1 Å². The van der Waals surface area contributed by atoms with Crippen molar-refractivity contribution in [3.8, 4) is 0 Å². The van der Waals surface area contributed by atoms with Gasteiger partial charge in [0.1, 0.15) is 20.2 Å². The van der Waals surface area contributed by atoms with Gasteiger partial charge in [0.15, 0.2) is 35.4 Å². The molecule has 131 heavy (non-hydrogen) atoms. The van der Waals surface area contributed by atoms with Crippen molar-refractivity contribution < 1.29 is 289 Å². The fourth-order valence-electron chi connectivity index (χ4n) is 17.4. The molecule has 6 aromatic carbocycles. The second-order valence-electron chi connectivity index (χ2n) is 29.8. The fourth-order valence-corrected chi connectivity index (χ4v) is 19.9. The molecule has 0 saturated heterocycles. The monoisotopic (exact) mass is 1950 g/mol. The average Bonchev–Trinajstić information content (AvgIpc) is 0.709. The summed E-state index contributed by atoms with van der Waals surface area (Å²) in [5.74, 6) is -5.63. The third-order valence-electron chi connectivity index (χ3n) is 22.4. The number of nitrogens with zero attached hydrogens (tertiary/aromatic N) is 7. The third-order valence-corrected chi connectivity index (χ3v) is 26.0. The van der Waals surface area contributed by atoms with Crippen molar-refractivity contribution in [3.05, 3.63) is 219 Å². The van der Waals surface area contributed by atoms with Crippen LogP contribution in [0.1, 0.15) is 110 Å². The molecule has 9 atom stereocenters. The third kappa shape index (κ3) is 24.5. The standard InChI is InChI=1S/C79H73N16O21S5.6Na.O3S/c1-94-56-27-25-51(63-64(56)60(46-19-3-5-21-48(46)71(63)99)66(72(94)100)68(96)39-13-9-17-44(32-39)117-114-111-102)86-53-35-54(59(121(108,109)110)36-58(53)119-116-113-104)87-79-91-75(81)90-77(93-79)83-42-16-8-12-38(31-42)29-37-11-7-15-41(30-37)82-76-88-74(80)89-78(92-76)84-43-23-28-57(118-115-112-103)52(34-43)85-50-24-26-55-65-61(47-20-4-6-22-49(47)70(98)62(50)65)67(73(101)95(55)2)69(97)40-14-10-18-45(33-40)120(105,106)107;;;;;;;1-4(2)3/h3-6,9-10,13-14,17-22,24-28,32-38,41-42,55-56,64-65,76,82,85-86,102-104H,7-8,11-12,15-16,29-31H2,1-2H3,(H,105,106,107)(H,108,109,110)(H4,80,84,88,89,92)(H4,81,83,87,90,91,93);;;;;;;/q-1;6*+1;/p-5. The number of ketones is 4. The van der Waals surface area contributed by atoms with Crippen LogP contribution in [0.25, 0.3) is 11.1 Å². The summed E-state index contributed by atoms with van der Waals surface area (Å²) in [6.45, 7) is 0. The number of aromatic nitrogens is 3. The molecule has 3 aliphatic heterocycles. The van der Waals surface area contributed by atoms with Crippen LogP contribution in [0, 0.1) is 29.7 Å². The number of fused-ring (bicyclic) bond motifs is 4. The summed E-state index contributed by atoms with van der Waals surface area (Å²) >= 11 is 1.32. The van der Waals surface area contributed by atoms with Gasteiger partial charge in [0.25, 0.3) is 11.8 Å². The minimum absolute atomic E-state index is 0. The number of likely N-dealkylation sites (N-methyl/N-ethyl adjacent to an activating group) is 2. The molecule has 7 aromatic rings. The molecule has 16 rings (SSSR count). The van der Waals surface area contributed by atoms with Crippen molar-refractivity contribution in [1.82, 2.24) is 35.4 Å². The largest absolute Gasteiger partial charge is 1.00 e. The summed E-state index contributed by atoms with van der Waals surface area (Å²) in [4.78, 5) is 112. The Morgan fingerprint density at radius 1 is 0.573 bits per heavy atom. The number of hydrogen-bond acceptors (Lipinski definition) is 41. The van der Waals surface area contributed by atoms with Crippen LogP contribution in [0.5, 0.6) is 0 Å². The Morgan fingerprint density at radius 3 is 1.63 bits per heavy atom. The van der Waals surface area contributed by atoms with E-state index in [1.54, 1.807) is 78.9 Å². The van der Waals surface area contributed by atoms with Crippen molar-refractivity contribution in [2.24, 2.45) is 39.4 Å². The molecular formula is C79H68N16Na6O24S6. The van der Waals surface area contributed by atoms with Gasteiger partial charge >= 0.3 is 188 Å². The zero-order chi connectivity index (χ0) is 88.4. The van der Waals surface area contributed by atoms with Gasteiger partial charge in [-0.05, 0) is 120 Å². The van der Waals surface area contributed by atoms with E-state index in [-0.39, 0.29) is 331 Å². The first-order chi connectivity index (χ1) is 59.9. The molecule has 40 nitrogen and oxygen atoms in total. The van der Waals surface area contributed by atoms with Crippen LogP contribution in [0.3, 0.4) is 0 Å². The molecule has 2 amide bonds. The van der Waals surface area contributed by atoms with Crippen LogP contribution in [-0.2, 0) is 68.6 Å². The maximum Gasteiger partial charge on any atom is 1.00 e. The number of carbonyl (C=O) groups is 6. The molecule has 9 unspecified atom stereocenters. The number of nitrogen functional groups attached to an aromatic ring is 1. The SMILES string of the molecule is CN1C(=O)C(C(=O)c2cccc(S(=O)(=O)[O-])c2)=C2c3ccccc3C(=O)C3=C(Nc4cc(NC5=NC(NC6CCCC(CC7CCCC(Nc8nc(N)nc(Nc9cc(NC%10=C%11C(=O)c%12ccccc%12C%12=C(C(=O)c%13cccc(SOO[O-])c%13)C(=O)N(C)C(C=C%10)C%11%12)c(SOO[O-])cc9S(=O)(=O)[O-])n8)C7)C6)NC(N)=N5)[c-]cc4SOO[O-])C=CC1C32.O=S(=O)=O.[Na+].[Na+].[Na+].[Na+].[Na+].[Na+]. The van der Waals surface area contributed by atoms with Crippen LogP contribution >= 0.6 is 36.1 Å². The first-order valence-corrected chi connectivity index (χ1v) is 44.1. The summed E-state index contributed by atoms with van der Waals surface area (Å²) in [7, 11) is -10.6. The Kier molecular flexibility index (Phi) is 39.5. The Hall–Kier alpha value is -5.78. The van der Waals surface area contributed by atoms with E-state index in [0.29, 0.717) is 52.4 Å². The number of hydrogen-bond donors (Lipinski definition) is 9. The summed E-state index contributed by atoms with van der Waals surface area (Å²) in [5, 5.41) is 66.8. The van der Waals surface area contributed by atoms with E-state index in [0.717, 1.165) is 69.6 Å². The van der Waals surface area contributed by atoms with E-state index in [4.69, 9.17) is 33.4 Å². The van der Waals surface area contributed by atoms with Gasteiger partial charge in [0, 0.05) is 99.7 Å². The zero-order valence-corrected chi connectivity index (χ0v) is 87.8. The second kappa shape index (κ2) is 47.5. The van der Waals surface area contributed by atoms with Crippen LogP contribution in [0.4, 0.5) is 40.6 Å². The van der Waals surface area contributed by atoms with Crippen LogP contribution in [0.2, 0.25) is 0 Å². The van der Waals surface area contributed by atoms with Gasteiger partial charge in [-0.1, -0.05) is 122 Å². The number of nitrogens with one attached hydrogen (secondary N) is 7. The summed E-state index contributed by atoms with van der Waals surface area (Å²) in [6, 6.07) is 29.8. The first kappa shape index (κ1) is 109. The van der Waals surface area contributed by atoms with Crippen molar-refractivity contribution >= 4 is 166 Å². The molecule has 2 fully saturated rings. The number of nitrogens with two attached hydrogens (primary N) is 2. The van der Waals surface area contributed by atoms with Crippen molar-refractivity contribution in [2.75, 3.05) is 46.4 Å². The topological polar surface area (TPSA) is 599 Å². The van der Waals surface area contributed by atoms with Gasteiger partial charge in [0.2, 0.25) is 23.8 Å². The number of benzene rings is 6. The van der Waals surface area contributed by atoms with E-state index in [9.17, 15) is 65.7 Å². The van der Waals surface area contributed by atoms with Crippen LogP contribution < -0.4 is 242 Å². The maximum absolute atomic E-state index is 15.0. The predicted octanol–water partition coefficient (Wildman–Crippen LogP) is -12.9. The number of carbonyl (C=O) groups excluding carboxylic acids is 6. The van der Waals surface area contributed by atoms with E-state index in [1.807, 2.05) is 0 Å². The maximum atomic E-state index is 15.0. The van der Waals surface area contributed by atoms with Gasteiger partial charge in [0.05, 0.1) is 73.4 Å². The van der Waals surface area contributed by atoms with Gasteiger partial charge in [-0.3, -0.25) is 49.2 Å². The first-order valence-electron chi connectivity index (χ1n) is 38.0. The fraction of sp³-hybridized carbons (Fsp3) is 0.253. The van der Waals surface area contributed by atoms with E-state index in [2.05, 4.69) is 87.0 Å². The number of guanidine groups is 2. The number of rotatable bonds is 28. The molecule has 0 bridgehead atoms. The minimum Gasteiger partial charge on any atom is -0.744 e. The predicted molar refractivity (Wildman–Crippen MR) is 438 cm³/mol. The normalized spacial score (nSPS) is 20.9. The Morgan fingerprint density at radius 2 is 1.08 bits per heavy atom. The zero-order valence-electron chi connectivity index (χ0n) is 70.9. The Bertz CT molecular complexity index is 6300. The van der Waals surface area contributed by atoms with E-state index in [1.165, 1.54) is 72.4 Å². The molecule has 4 heterocycles. The van der Waals surface area contributed by atoms with Crippen molar-refractivity contribution in [1.29, 1.82) is 0 Å². The Balaban J connectivity index is 0.00000189. The molecule has 52 heteroatoms.